The third kappa shape index (κ3) is 10.5. The number of nitrogens with one attached hydrogen (secondary N) is 1. The minimum atomic E-state index is -0.490. The van der Waals surface area contributed by atoms with Gasteiger partial charge in [-0.2, -0.15) is 0 Å². The van der Waals surface area contributed by atoms with Crippen LogP contribution in [0.2, 0.25) is 0 Å². The Balaban J connectivity index is 3.73. The lowest BCUT2D eigenvalue weighted by molar-refractivity contribution is -0.155. The van der Waals surface area contributed by atoms with Crippen molar-refractivity contribution in [3.8, 4) is 0 Å². The SMILES string of the molecule is CCN(CC)CCNC(=O)CCC(=O)OC(C)(C)C. The van der Waals surface area contributed by atoms with Gasteiger partial charge in [-0.05, 0) is 33.9 Å². The second-order valence-corrected chi connectivity index (χ2v) is 5.46. The molecular weight excluding hydrogens is 244 g/mol. The summed E-state index contributed by atoms with van der Waals surface area (Å²) in [5.41, 5.74) is -0.490. The Hall–Kier alpha value is -1.10. The Bertz CT molecular complexity index is 281. The highest BCUT2D eigenvalue weighted by molar-refractivity contribution is 5.81. The van der Waals surface area contributed by atoms with Gasteiger partial charge in [0.05, 0.1) is 6.42 Å². The van der Waals surface area contributed by atoms with Crippen molar-refractivity contribution in [3.05, 3.63) is 0 Å². The number of amides is 1. The van der Waals surface area contributed by atoms with E-state index >= 15 is 0 Å². The third-order valence-corrected chi connectivity index (χ3v) is 2.62. The monoisotopic (exact) mass is 272 g/mol. The molecule has 5 nitrogen and oxygen atoms in total. The second-order valence-electron chi connectivity index (χ2n) is 5.46. The van der Waals surface area contributed by atoms with E-state index in [1.165, 1.54) is 0 Å². The fraction of sp³-hybridized carbons (Fsp3) is 0.857. The molecule has 0 aromatic carbocycles. The molecule has 1 N–H and O–H groups in total. The van der Waals surface area contributed by atoms with Crippen LogP contribution in [0.4, 0.5) is 0 Å². The lowest BCUT2D eigenvalue weighted by atomic mass is 10.2. The Morgan fingerprint density at radius 2 is 1.68 bits per heavy atom. The van der Waals surface area contributed by atoms with Crippen LogP contribution in [0, 0.1) is 0 Å². The Morgan fingerprint density at radius 3 is 2.16 bits per heavy atom. The first-order valence-electron chi connectivity index (χ1n) is 6.99. The van der Waals surface area contributed by atoms with E-state index in [1.807, 2.05) is 20.8 Å². The number of rotatable bonds is 8. The van der Waals surface area contributed by atoms with Gasteiger partial charge in [-0.15, -0.1) is 0 Å². The van der Waals surface area contributed by atoms with Gasteiger partial charge in [0.2, 0.25) is 5.91 Å². The maximum absolute atomic E-state index is 11.5. The van der Waals surface area contributed by atoms with Crippen molar-refractivity contribution in [3.63, 3.8) is 0 Å². The van der Waals surface area contributed by atoms with Gasteiger partial charge < -0.3 is 15.0 Å². The van der Waals surface area contributed by atoms with Gasteiger partial charge in [-0.1, -0.05) is 13.8 Å². The van der Waals surface area contributed by atoms with Crippen LogP contribution < -0.4 is 5.32 Å². The van der Waals surface area contributed by atoms with Crippen LogP contribution >= 0.6 is 0 Å². The van der Waals surface area contributed by atoms with E-state index in [4.69, 9.17) is 4.74 Å². The first kappa shape index (κ1) is 17.9. The lowest BCUT2D eigenvalue weighted by Gasteiger charge is -2.19. The summed E-state index contributed by atoms with van der Waals surface area (Å²) < 4.78 is 5.14. The number of nitrogens with zero attached hydrogens (tertiary/aromatic N) is 1. The standard InChI is InChI=1S/C14H28N2O3/c1-6-16(7-2)11-10-15-12(17)8-9-13(18)19-14(3,4)5/h6-11H2,1-5H3,(H,15,17). The molecule has 0 saturated heterocycles. The van der Waals surface area contributed by atoms with Crippen molar-refractivity contribution in [2.45, 2.75) is 53.1 Å². The predicted octanol–water partition coefficient (Wildman–Crippen LogP) is 1.57. The highest BCUT2D eigenvalue weighted by Crippen LogP contribution is 2.08. The number of carbonyl (C=O) groups excluding carboxylic acids is 2. The van der Waals surface area contributed by atoms with Crippen LogP contribution in [0.1, 0.15) is 47.5 Å². The van der Waals surface area contributed by atoms with E-state index in [9.17, 15) is 9.59 Å². The minimum Gasteiger partial charge on any atom is -0.460 e. The molecule has 0 aliphatic heterocycles. The molecule has 1 amide bonds. The van der Waals surface area contributed by atoms with E-state index in [0.29, 0.717) is 6.54 Å². The van der Waals surface area contributed by atoms with Crippen LogP contribution in [-0.2, 0) is 14.3 Å². The smallest absolute Gasteiger partial charge is 0.306 e. The van der Waals surface area contributed by atoms with Crippen LogP contribution in [0.15, 0.2) is 0 Å². The van der Waals surface area contributed by atoms with Gasteiger partial charge in [-0.25, -0.2) is 0 Å². The van der Waals surface area contributed by atoms with Gasteiger partial charge in [-0.3, -0.25) is 9.59 Å². The molecule has 0 aliphatic rings. The molecule has 0 rings (SSSR count). The van der Waals surface area contributed by atoms with E-state index < -0.39 is 5.60 Å². The molecule has 112 valence electrons. The average molecular weight is 272 g/mol. The highest BCUT2D eigenvalue weighted by Gasteiger charge is 2.16. The summed E-state index contributed by atoms with van der Waals surface area (Å²) in [5, 5.41) is 2.81. The number of hydrogen-bond acceptors (Lipinski definition) is 4. The molecule has 0 fully saturated rings. The van der Waals surface area contributed by atoms with Gasteiger partial charge >= 0.3 is 5.97 Å². The second kappa shape index (κ2) is 8.91. The lowest BCUT2D eigenvalue weighted by Crippen LogP contribution is -2.35. The zero-order valence-electron chi connectivity index (χ0n) is 12.9. The molecule has 0 aliphatic carbocycles. The van der Waals surface area contributed by atoms with E-state index in [-0.39, 0.29) is 24.7 Å². The van der Waals surface area contributed by atoms with Crippen LogP contribution in [-0.4, -0.2) is 48.6 Å². The number of hydrogen-bond donors (Lipinski definition) is 1. The summed E-state index contributed by atoms with van der Waals surface area (Å²) in [4.78, 5) is 25.2. The molecule has 0 unspecified atom stereocenters. The van der Waals surface area contributed by atoms with Crippen molar-refractivity contribution in [1.29, 1.82) is 0 Å². The summed E-state index contributed by atoms with van der Waals surface area (Å²) in [6.45, 7) is 13.0. The van der Waals surface area contributed by atoms with Crippen molar-refractivity contribution in [2.75, 3.05) is 26.2 Å². The molecule has 0 spiro atoms. The Morgan fingerprint density at radius 1 is 1.11 bits per heavy atom. The zero-order valence-corrected chi connectivity index (χ0v) is 12.9. The summed E-state index contributed by atoms with van der Waals surface area (Å²) in [7, 11) is 0. The largest absolute Gasteiger partial charge is 0.460 e. The summed E-state index contributed by atoms with van der Waals surface area (Å²) in [6, 6.07) is 0. The van der Waals surface area contributed by atoms with Crippen molar-refractivity contribution in [2.24, 2.45) is 0 Å². The van der Waals surface area contributed by atoms with Gasteiger partial charge in [0, 0.05) is 19.5 Å². The highest BCUT2D eigenvalue weighted by atomic mass is 16.6. The molecule has 0 atom stereocenters. The Labute approximate surface area is 116 Å². The number of likely N-dealkylation sites (N-methyl/N-ethyl adjacent to an activating group) is 1. The fourth-order valence-electron chi connectivity index (χ4n) is 1.59. The number of carbonyl (C=O) groups is 2. The molecule has 0 saturated carbocycles. The minimum absolute atomic E-state index is 0.0991. The Kier molecular flexibility index (Phi) is 8.39. The van der Waals surface area contributed by atoms with Crippen molar-refractivity contribution < 1.29 is 14.3 Å². The summed E-state index contributed by atoms with van der Waals surface area (Å²) >= 11 is 0. The van der Waals surface area contributed by atoms with Crippen LogP contribution in [0.3, 0.4) is 0 Å². The quantitative estimate of drug-likeness (QED) is 0.681. The molecule has 0 heterocycles. The fourth-order valence-corrected chi connectivity index (χ4v) is 1.59. The summed E-state index contributed by atoms with van der Waals surface area (Å²) in [5.74, 6) is -0.426. The molecule has 0 radical (unpaired) electrons. The van der Waals surface area contributed by atoms with Crippen LogP contribution in [0.25, 0.3) is 0 Å². The number of esters is 1. The molecule has 0 aromatic rings. The molecule has 0 aromatic heterocycles. The maximum Gasteiger partial charge on any atom is 0.306 e. The van der Waals surface area contributed by atoms with Gasteiger partial charge in [0.15, 0.2) is 0 Å². The van der Waals surface area contributed by atoms with Gasteiger partial charge in [0.1, 0.15) is 5.60 Å². The van der Waals surface area contributed by atoms with E-state index in [0.717, 1.165) is 19.6 Å². The molecule has 0 bridgehead atoms. The number of ether oxygens (including phenoxy) is 1. The molecule has 5 heteroatoms. The predicted molar refractivity (Wildman–Crippen MR) is 75.9 cm³/mol. The molecule has 19 heavy (non-hydrogen) atoms. The first-order chi connectivity index (χ1) is 8.78. The van der Waals surface area contributed by atoms with Gasteiger partial charge in [0.25, 0.3) is 0 Å². The third-order valence-electron chi connectivity index (χ3n) is 2.62. The van der Waals surface area contributed by atoms with Crippen molar-refractivity contribution >= 4 is 11.9 Å². The zero-order chi connectivity index (χ0) is 14.9. The topological polar surface area (TPSA) is 58.6 Å². The first-order valence-corrected chi connectivity index (χ1v) is 6.99. The molecular formula is C14H28N2O3. The normalized spacial score (nSPS) is 11.5. The average Bonchev–Trinajstić information content (AvgIpc) is 2.30. The van der Waals surface area contributed by atoms with E-state index in [2.05, 4.69) is 24.1 Å². The van der Waals surface area contributed by atoms with E-state index in [1.54, 1.807) is 0 Å². The summed E-state index contributed by atoms with van der Waals surface area (Å²) in [6.07, 6.45) is 0.321. The maximum atomic E-state index is 11.5. The van der Waals surface area contributed by atoms with Crippen LogP contribution in [0.5, 0.6) is 0 Å². The van der Waals surface area contributed by atoms with Crippen molar-refractivity contribution in [1.82, 2.24) is 10.2 Å².